The van der Waals surface area contributed by atoms with Gasteiger partial charge in [-0.15, -0.1) is 0 Å². The number of nitrogens with one attached hydrogen (secondary N) is 2. The second-order valence-electron chi connectivity index (χ2n) is 12.3. The van der Waals surface area contributed by atoms with Gasteiger partial charge in [0.05, 0.1) is 0 Å². The fourth-order valence-corrected chi connectivity index (χ4v) is 5.86. The number of imide groups is 1. The number of hydrogen-bond acceptors (Lipinski definition) is 6. The van der Waals surface area contributed by atoms with E-state index in [1.165, 1.54) is 0 Å². The van der Waals surface area contributed by atoms with E-state index < -0.39 is 17.2 Å². The molecule has 10 nitrogen and oxygen atoms in total. The van der Waals surface area contributed by atoms with Crippen LogP contribution in [0.2, 0.25) is 0 Å². The molecule has 10 heteroatoms. The molecule has 35 heavy (non-hydrogen) atoms. The summed E-state index contributed by atoms with van der Waals surface area (Å²) in [6.07, 6.45) is 2.68. The molecule has 0 radical (unpaired) electrons. The molecule has 2 heterocycles. The van der Waals surface area contributed by atoms with Gasteiger partial charge in [0, 0.05) is 32.7 Å². The van der Waals surface area contributed by atoms with Crippen molar-refractivity contribution < 1.29 is 23.9 Å². The zero-order chi connectivity index (χ0) is 26.0. The van der Waals surface area contributed by atoms with Crippen LogP contribution in [-0.2, 0) is 14.3 Å². The molecule has 2 unspecified atom stereocenters. The van der Waals surface area contributed by atoms with Gasteiger partial charge < -0.3 is 20.3 Å². The van der Waals surface area contributed by atoms with Gasteiger partial charge in [-0.25, -0.2) is 9.59 Å². The Kier molecular flexibility index (Phi) is 8.03. The smallest absolute Gasteiger partial charge is 0.410 e. The summed E-state index contributed by atoms with van der Waals surface area (Å²) in [6.45, 7) is 15.7. The second kappa shape index (κ2) is 10.3. The molecule has 2 atom stereocenters. The van der Waals surface area contributed by atoms with Gasteiger partial charge in [0.1, 0.15) is 17.7 Å². The Bertz CT molecular complexity index is 831. The fourth-order valence-electron chi connectivity index (χ4n) is 5.86. The van der Waals surface area contributed by atoms with Crippen LogP contribution in [0.4, 0.5) is 9.59 Å². The van der Waals surface area contributed by atoms with Crippen molar-refractivity contribution >= 4 is 23.9 Å². The largest absolute Gasteiger partial charge is 0.444 e. The van der Waals surface area contributed by atoms with Crippen molar-refractivity contribution in [3.05, 3.63) is 0 Å². The molecular formula is C25H43N5O5. The van der Waals surface area contributed by atoms with Crippen LogP contribution in [0.5, 0.6) is 0 Å². The van der Waals surface area contributed by atoms with Crippen molar-refractivity contribution in [3.63, 3.8) is 0 Å². The van der Waals surface area contributed by atoms with Gasteiger partial charge in [-0.1, -0.05) is 20.8 Å². The average molecular weight is 494 g/mol. The van der Waals surface area contributed by atoms with Gasteiger partial charge in [0.15, 0.2) is 0 Å². The van der Waals surface area contributed by atoms with Gasteiger partial charge in [-0.05, 0) is 64.3 Å². The molecule has 3 aliphatic rings. The molecule has 0 aromatic carbocycles. The Labute approximate surface area is 209 Å². The summed E-state index contributed by atoms with van der Waals surface area (Å²) in [5.41, 5.74) is -1.43. The van der Waals surface area contributed by atoms with E-state index in [9.17, 15) is 19.2 Å². The maximum atomic E-state index is 13.2. The van der Waals surface area contributed by atoms with E-state index >= 15 is 0 Å². The lowest BCUT2D eigenvalue weighted by molar-refractivity contribution is -0.137. The molecule has 2 N–H and O–H groups in total. The zero-order valence-electron chi connectivity index (χ0n) is 22.2. The quantitative estimate of drug-likeness (QED) is 0.433. The molecule has 1 saturated carbocycles. The van der Waals surface area contributed by atoms with E-state index in [1.54, 1.807) is 4.90 Å². The number of carbonyl (C=O) groups is 4. The van der Waals surface area contributed by atoms with Gasteiger partial charge in [-0.3, -0.25) is 19.4 Å². The summed E-state index contributed by atoms with van der Waals surface area (Å²) in [7, 11) is 0. The first-order valence-electron chi connectivity index (χ1n) is 12.8. The van der Waals surface area contributed by atoms with Gasteiger partial charge in [0.2, 0.25) is 5.91 Å². The van der Waals surface area contributed by atoms with Crippen LogP contribution in [0.3, 0.4) is 0 Å². The molecule has 3 fully saturated rings. The molecule has 3 rings (SSSR count). The number of carbonyl (C=O) groups excluding carboxylic acids is 4. The Morgan fingerprint density at radius 1 is 1.11 bits per heavy atom. The predicted molar refractivity (Wildman–Crippen MR) is 132 cm³/mol. The number of nitrogens with zero attached hydrogens (tertiary/aromatic N) is 3. The normalized spacial score (nSPS) is 27.2. The van der Waals surface area contributed by atoms with Crippen molar-refractivity contribution in [3.8, 4) is 0 Å². The summed E-state index contributed by atoms with van der Waals surface area (Å²) in [6, 6.07) is -0.474. The highest BCUT2D eigenvalue weighted by Crippen LogP contribution is 2.46. The minimum atomic E-state index is -0.889. The number of urea groups is 1. The topological polar surface area (TPSA) is 111 Å². The fraction of sp³-hybridized carbons (Fsp3) is 0.840. The Hall–Kier alpha value is -2.36. The summed E-state index contributed by atoms with van der Waals surface area (Å²) in [5.74, 6) is -0.286. The lowest BCUT2D eigenvalue weighted by Crippen LogP contribution is -2.54. The molecule has 198 valence electrons. The van der Waals surface area contributed by atoms with Crippen LogP contribution in [0.15, 0.2) is 0 Å². The van der Waals surface area contributed by atoms with Crippen molar-refractivity contribution in [2.45, 2.75) is 78.4 Å². The second-order valence-corrected chi connectivity index (χ2v) is 12.3. The van der Waals surface area contributed by atoms with Crippen LogP contribution < -0.4 is 10.6 Å². The van der Waals surface area contributed by atoms with E-state index in [0.29, 0.717) is 38.4 Å². The van der Waals surface area contributed by atoms with Crippen molar-refractivity contribution in [1.82, 2.24) is 25.3 Å². The number of ether oxygens (including phenoxy) is 1. The van der Waals surface area contributed by atoms with Crippen LogP contribution in [0.25, 0.3) is 0 Å². The number of hydrogen-bond donors (Lipinski definition) is 2. The van der Waals surface area contributed by atoms with Gasteiger partial charge >= 0.3 is 12.1 Å². The monoisotopic (exact) mass is 493 g/mol. The SMILES string of the molecule is CC1CC(C)(C)CC2(C1)NC(=O)N(CC(=O)NCCCN1CCN(C(=O)OC(C)(C)C)CC1)C2=O. The minimum absolute atomic E-state index is 0.0444. The first-order chi connectivity index (χ1) is 16.2. The molecule has 2 saturated heterocycles. The van der Waals surface area contributed by atoms with E-state index in [4.69, 9.17) is 4.74 Å². The Morgan fingerprint density at radius 2 is 1.77 bits per heavy atom. The maximum Gasteiger partial charge on any atom is 0.410 e. The van der Waals surface area contributed by atoms with E-state index in [1.807, 2.05) is 20.8 Å². The summed E-state index contributed by atoms with van der Waals surface area (Å²) in [4.78, 5) is 55.4. The molecule has 0 aromatic heterocycles. The third-order valence-corrected chi connectivity index (χ3v) is 6.92. The van der Waals surface area contributed by atoms with Gasteiger partial charge in [-0.2, -0.15) is 0 Å². The number of piperazine rings is 1. The third kappa shape index (κ3) is 7.08. The highest BCUT2D eigenvalue weighted by Gasteiger charge is 2.56. The maximum absolute atomic E-state index is 13.2. The number of amides is 5. The molecule has 2 aliphatic heterocycles. The van der Waals surface area contributed by atoms with E-state index in [0.717, 1.165) is 37.4 Å². The van der Waals surface area contributed by atoms with Crippen molar-refractivity contribution in [1.29, 1.82) is 0 Å². The molecule has 0 aromatic rings. The van der Waals surface area contributed by atoms with Crippen molar-refractivity contribution in [2.75, 3.05) is 45.8 Å². The number of rotatable bonds is 6. The summed E-state index contributed by atoms with van der Waals surface area (Å²) in [5, 5.41) is 5.74. The molecule has 1 spiro atoms. The van der Waals surface area contributed by atoms with E-state index in [-0.39, 0.29) is 29.9 Å². The first-order valence-corrected chi connectivity index (χ1v) is 12.8. The third-order valence-electron chi connectivity index (χ3n) is 6.92. The molecule has 1 aliphatic carbocycles. The predicted octanol–water partition coefficient (Wildman–Crippen LogP) is 2.18. The average Bonchev–Trinajstić information content (AvgIpc) is 2.92. The zero-order valence-corrected chi connectivity index (χ0v) is 22.2. The minimum Gasteiger partial charge on any atom is -0.444 e. The van der Waals surface area contributed by atoms with Gasteiger partial charge in [0.25, 0.3) is 5.91 Å². The molecule has 5 amide bonds. The molecule has 0 bridgehead atoms. The summed E-state index contributed by atoms with van der Waals surface area (Å²) < 4.78 is 5.42. The standard InChI is InChI=1S/C25H43N5O5/c1-18-14-24(5,6)17-25(15-18)20(32)30(21(33)27-25)16-19(31)26-8-7-9-28-10-12-29(13-11-28)22(34)35-23(2,3)4/h18H,7-17H2,1-6H3,(H,26,31)(H,27,33). The summed E-state index contributed by atoms with van der Waals surface area (Å²) >= 11 is 0. The van der Waals surface area contributed by atoms with Crippen LogP contribution in [-0.4, -0.2) is 95.6 Å². The lowest BCUT2D eigenvalue weighted by atomic mass is 9.64. The highest BCUT2D eigenvalue weighted by molar-refractivity contribution is 6.09. The first kappa shape index (κ1) is 27.2. The lowest BCUT2D eigenvalue weighted by Gasteiger charge is -2.43. The van der Waals surface area contributed by atoms with Crippen LogP contribution >= 0.6 is 0 Å². The van der Waals surface area contributed by atoms with E-state index in [2.05, 4.69) is 36.3 Å². The van der Waals surface area contributed by atoms with Crippen LogP contribution in [0.1, 0.15) is 67.2 Å². The van der Waals surface area contributed by atoms with Crippen LogP contribution in [0, 0.1) is 11.3 Å². The van der Waals surface area contributed by atoms with Crippen molar-refractivity contribution in [2.24, 2.45) is 11.3 Å². The Balaban J connectivity index is 1.37. The molecular weight excluding hydrogens is 450 g/mol. The Morgan fingerprint density at radius 3 is 2.37 bits per heavy atom. The highest BCUT2D eigenvalue weighted by atomic mass is 16.6.